The van der Waals surface area contributed by atoms with E-state index < -0.39 is 4.92 Å². The molecule has 4 nitrogen and oxygen atoms in total. The van der Waals surface area contributed by atoms with E-state index in [1.165, 1.54) is 12.3 Å². The maximum absolute atomic E-state index is 10.1. The van der Waals surface area contributed by atoms with E-state index in [-0.39, 0.29) is 5.69 Å². The molecule has 0 atom stereocenters. The summed E-state index contributed by atoms with van der Waals surface area (Å²) in [6, 6.07) is 3.14. The second-order valence-electron chi connectivity index (χ2n) is 1.66. The zero-order valence-corrected chi connectivity index (χ0v) is 8.83. The molecule has 1 aromatic heterocycles. The second kappa shape index (κ2) is 3.04. The number of aromatic nitrogens is 1. The van der Waals surface area contributed by atoms with E-state index in [4.69, 9.17) is 0 Å². The monoisotopic (exact) mass is 331 g/mol. The first-order chi connectivity index (χ1) is 4.70. The van der Waals surface area contributed by atoms with Crippen molar-refractivity contribution in [1.29, 1.82) is 0 Å². The van der Waals surface area contributed by atoms with Crippen LogP contribution in [-0.4, -0.2) is 35.7 Å². The van der Waals surface area contributed by atoms with Gasteiger partial charge in [0.25, 0.3) is 0 Å². The van der Waals surface area contributed by atoms with Crippen LogP contribution in [0.1, 0.15) is 0 Å². The number of nitrogens with zero attached hydrogens (tertiary/aromatic N) is 2. The molecule has 1 heterocycles. The van der Waals surface area contributed by atoms with Crippen LogP contribution in [0.2, 0.25) is 0 Å². The van der Waals surface area contributed by atoms with Crippen LogP contribution >= 0.6 is 0 Å². The van der Waals surface area contributed by atoms with Crippen molar-refractivity contribution < 1.29 is 4.92 Å². The van der Waals surface area contributed by atoms with E-state index in [0.29, 0.717) is 0 Å². The third kappa shape index (κ3) is 1.72. The fourth-order valence-corrected chi connectivity index (χ4v) is 1.07. The van der Waals surface area contributed by atoms with E-state index in [0.717, 1.165) is 29.0 Å². The summed E-state index contributed by atoms with van der Waals surface area (Å²) in [4.78, 5) is 13.5. The average Bonchev–Trinajstić information content (AvgIpc) is 1.88. The summed E-state index contributed by atoms with van der Waals surface area (Å²) < 4.78 is 0.922. The third-order valence-electron chi connectivity index (χ3n) is 0.959. The fraction of sp³-hybridized carbons (Fsp3) is 0. The predicted octanol–water partition coefficient (Wildman–Crippen LogP) is -0.216. The van der Waals surface area contributed by atoms with Crippen molar-refractivity contribution in [3.05, 3.63) is 28.4 Å². The molecule has 0 fully saturated rings. The van der Waals surface area contributed by atoms with E-state index in [9.17, 15) is 10.1 Å². The van der Waals surface area contributed by atoms with Gasteiger partial charge in [-0.3, -0.25) is 0 Å². The van der Waals surface area contributed by atoms with E-state index in [2.05, 4.69) is 4.98 Å². The summed E-state index contributed by atoms with van der Waals surface area (Å²) >= 11 is 0.834. The molecule has 0 unspecified atom stereocenters. The van der Waals surface area contributed by atoms with Gasteiger partial charge in [0.2, 0.25) is 0 Å². The molecule has 0 aliphatic heterocycles. The molecule has 0 saturated carbocycles. The SMILES string of the molecule is O=[N+]([O-])c1cc[c]([Pb])nc1. The molecule has 0 aromatic carbocycles. The van der Waals surface area contributed by atoms with Crippen LogP contribution in [0.4, 0.5) is 5.69 Å². The van der Waals surface area contributed by atoms with Gasteiger partial charge in [0.05, 0.1) is 0 Å². The van der Waals surface area contributed by atoms with Gasteiger partial charge in [0.15, 0.2) is 0 Å². The Kier molecular flexibility index (Phi) is 2.30. The number of nitro groups is 1. The summed E-state index contributed by atoms with van der Waals surface area (Å²) in [5, 5.41) is 10.1. The van der Waals surface area contributed by atoms with Crippen LogP contribution in [0, 0.1) is 10.1 Å². The maximum atomic E-state index is 10.1. The standard InChI is InChI=1S/C5H3N2O2.Pb/c8-7(9)5-2-1-3-6-4-5;/h1-2,4H;. The Hall–Kier alpha value is -0.528. The molecule has 0 N–H and O–H groups in total. The number of hydrogen-bond acceptors (Lipinski definition) is 3. The van der Waals surface area contributed by atoms with Crippen molar-refractivity contribution in [2.45, 2.75) is 0 Å². The Morgan fingerprint density at radius 1 is 1.60 bits per heavy atom. The minimum absolute atomic E-state index is 0.0552. The van der Waals surface area contributed by atoms with E-state index >= 15 is 0 Å². The Morgan fingerprint density at radius 2 is 2.30 bits per heavy atom. The molecule has 0 aliphatic rings. The first-order valence-electron chi connectivity index (χ1n) is 2.52. The van der Waals surface area contributed by atoms with Crippen LogP contribution in [0.15, 0.2) is 18.3 Å². The van der Waals surface area contributed by atoms with Gasteiger partial charge >= 0.3 is 73.1 Å². The van der Waals surface area contributed by atoms with E-state index in [1.807, 2.05) is 0 Å². The first kappa shape index (κ1) is 7.58. The normalized spacial score (nSPS) is 9.30. The summed E-state index contributed by atoms with van der Waals surface area (Å²) in [6.07, 6.45) is 1.28. The van der Waals surface area contributed by atoms with Gasteiger partial charge in [-0.05, 0) is 0 Å². The van der Waals surface area contributed by atoms with E-state index in [1.54, 1.807) is 6.07 Å². The van der Waals surface area contributed by atoms with Crippen molar-refractivity contribution in [3.8, 4) is 0 Å². The number of pyridine rings is 1. The van der Waals surface area contributed by atoms with Crippen LogP contribution in [-0.2, 0) is 0 Å². The summed E-state index contributed by atoms with van der Waals surface area (Å²) in [6.45, 7) is 0. The summed E-state index contributed by atoms with van der Waals surface area (Å²) in [7, 11) is 0. The van der Waals surface area contributed by atoms with Gasteiger partial charge in [-0.2, -0.15) is 0 Å². The van der Waals surface area contributed by atoms with Crippen molar-refractivity contribution in [2.75, 3.05) is 0 Å². The van der Waals surface area contributed by atoms with Crippen molar-refractivity contribution >= 4 is 34.7 Å². The molecule has 0 amide bonds. The number of rotatable bonds is 1. The second-order valence-corrected chi connectivity index (χ2v) is 3.65. The molecule has 0 bridgehead atoms. The minimum atomic E-state index is -0.450. The fourth-order valence-electron chi connectivity index (χ4n) is 0.494. The Morgan fingerprint density at radius 3 is 2.70 bits per heavy atom. The molecule has 0 aliphatic carbocycles. The van der Waals surface area contributed by atoms with Crippen molar-refractivity contribution in [2.24, 2.45) is 0 Å². The molecular weight excluding hydrogens is 327 g/mol. The predicted molar refractivity (Wildman–Crippen MR) is 36.3 cm³/mol. The molecule has 3 radical (unpaired) electrons. The zero-order chi connectivity index (χ0) is 7.56. The first-order valence-corrected chi connectivity index (χ1v) is 4.46. The molecule has 5 heteroatoms. The molecule has 49 valence electrons. The quantitative estimate of drug-likeness (QED) is 0.407. The van der Waals surface area contributed by atoms with Crippen LogP contribution in [0.25, 0.3) is 0 Å². The van der Waals surface area contributed by atoms with Crippen LogP contribution in [0.3, 0.4) is 0 Å². The van der Waals surface area contributed by atoms with Gasteiger partial charge < -0.3 is 0 Å². The van der Waals surface area contributed by atoms with Crippen LogP contribution in [0.5, 0.6) is 0 Å². The Bertz CT molecular complexity index is 246. The zero-order valence-electron chi connectivity index (χ0n) is 4.94. The topological polar surface area (TPSA) is 56.0 Å². The van der Waals surface area contributed by atoms with Gasteiger partial charge in [-0.1, -0.05) is 0 Å². The molecule has 1 rings (SSSR count). The summed E-state index contributed by atoms with van der Waals surface area (Å²) in [5.41, 5.74) is 0.0552. The molecular formula is C5H3N2O2Pb. The average molecular weight is 330 g/mol. The van der Waals surface area contributed by atoms with Gasteiger partial charge in [0.1, 0.15) is 0 Å². The Labute approximate surface area is 73.1 Å². The van der Waals surface area contributed by atoms with Gasteiger partial charge in [-0.15, -0.1) is 0 Å². The van der Waals surface area contributed by atoms with Crippen molar-refractivity contribution in [3.63, 3.8) is 0 Å². The van der Waals surface area contributed by atoms with Gasteiger partial charge in [-0.25, -0.2) is 0 Å². The third-order valence-corrected chi connectivity index (χ3v) is 2.11. The summed E-state index contributed by atoms with van der Waals surface area (Å²) in [5.74, 6) is 0. The van der Waals surface area contributed by atoms with Gasteiger partial charge in [0, 0.05) is 0 Å². The van der Waals surface area contributed by atoms with Crippen LogP contribution < -0.4 is 3.25 Å². The Balaban J connectivity index is 3.00. The molecule has 0 spiro atoms. The molecule has 0 saturated heterocycles. The van der Waals surface area contributed by atoms with Crippen molar-refractivity contribution in [1.82, 2.24) is 4.98 Å². The molecule has 1 aromatic rings. The number of hydrogen-bond donors (Lipinski definition) is 0. The molecule has 10 heavy (non-hydrogen) atoms.